The molecule has 0 saturated carbocycles. The van der Waals surface area contributed by atoms with Gasteiger partial charge < -0.3 is 15.1 Å². The predicted molar refractivity (Wildman–Crippen MR) is 83.6 cm³/mol. The second-order valence-electron chi connectivity index (χ2n) is 5.47. The van der Waals surface area contributed by atoms with Crippen LogP contribution in [0.5, 0.6) is 0 Å². The van der Waals surface area contributed by atoms with Crippen molar-refractivity contribution in [2.24, 2.45) is 5.92 Å². The summed E-state index contributed by atoms with van der Waals surface area (Å²) in [6, 6.07) is 0. The molecule has 1 saturated heterocycles. The molecule has 1 atom stereocenters. The number of amides is 3. The van der Waals surface area contributed by atoms with Gasteiger partial charge in [0.1, 0.15) is 6.54 Å². The first-order valence-electron chi connectivity index (χ1n) is 7.33. The van der Waals surface area contributed by atoms with Crippen molar-refractivity contribution in [3.05, 3.63) is 17.4 Å². The van der Waals surface area contributed by atoms with Crippen LogP contribution in [0.15, 0.2) is 12.4 Å². The molecule has 2 rings (SSSR count). The smallest absolute Gasteiger partial charge is 0.244 e. The molecule has 0 aliphatic carbocycles. The topological polar surface area (TPSA) is 87.5 Å². The molecule has 1 aliphatic heterocycles. The Morgan fingerprint density at radius 3 is 2.52 bits per heavy atom. The van der Waals surface area contributed by atoms with Gasteiger partial charge in [0.15, 0.2) is 0 Å². The van der Waals surface area contributed by atoms with Gasteiger partial charge in [0.25, 0.3) is 0 Å². The number of hydrogen-bond acceptors (Lipinski definition) is 4. The molecule has 1 aromatic heterocycles. The zero-order valence-electron chi connectivity index (χ0n) is 13.2. The van der Waals surface area contributed by atoms with Gasteiger partial charge in [0.2, 0.25) is 17.7 Å². The lowest BCUT2D eigenvalue weighted by Crippen LogP contribution is -2.42. The van der Waals surface area contributed by atoms with Crippen LogP contribution in [0.2, 0.25) is 5.02 Å². The number of nitrogens with zero attached hydrogens (tertiary/aromatic N) is 4. The molecule has 0 aromatic carbocycles. The first kappa shape index (κ1) is 17.3. The predicted octanol–water partition coefficient (Wildman–Crippen LogP) is -0.411. The third kappa shape index (κ3) is 4.44. The van der Waals surface area contributed by atoms with Crippen LogP contribution in [0.25, 0.3) is 0 Å². The Balaban J connectivity index is 2.09. The van der Waals surface area contributed by atoms with Crippen molar-refractivity contribution in [3.63, 3.8) is 0 Å². The summed E-state index contributed by atoms with van der Waals surface area (Å²) in [5.41, 5.74) is 0. The van der Waals surface area contributed by atoms with Gasteiger partial charge in [-0.25, -0.2) is 0 Å². The zero-order chi connectivity index (χ0) is 17.0. The van der Waals surface area contributed by atoms with Crippen LogP contribution >= 0.6 is 11.6 Å². The summed E-state index contributed by atoms with van der Waals surface area (Å²) >= 11 is 5.79. The van der Waals surface area contributed by atoms with E-state index in [2.05, 4.69) is 10.4 Å². The van der Waals surface area contributed by atoms with Gasteiger partial charge in [-0.1, -0.05) is 11.6 Å². The van der Waals surface area contributed by atoms with Gasteiger partial charge in [0, 0.05) is 46.3 Å². The van der Waals surface area contributed by atoms with Crippen molar-refractivity contribution >= 4 is 29.3 Å². The van der Waals surface area contributed by atoms with E-state index in [1.54, 1.807) is 23.0 Å². The molecule has 0 spiro atoms. The van der Waals surface area contributed by atoms with E-state index in [9.17, 15) is 14.4 Å². The van der Waals surface area contributed by atoms with Crippen LogP contribution in [0, 0.1) is 5.92 Å². The van der Waals surface area contributed by atoms with Crippen molar-refractivity contribution in [1.82, 2.24) is 24.9 Å². The number of carbonyl (C=O) groups is 3. The highest BCUT2D eigenvalue weighted by Gasteiger charge is 2.30. The lowest BCUT2D eigenvalue weighted by Gasteiger charge is -2.23. The molecule has 1 aliphatic rings. The molecule has 2 heterocycles. The summed E-state index contributed by atoms with van der Waals surface area (Å²) in [6.45, 7) is 2.90. The third-order valence-electron chi connectivity index (χ3n) is 3.84. The number of hydrogen-bond donors (Lipinski definition) is 1. The second kappa shape index (κ2) is 7.45. The lowest BCUT2D eigenvalue weighted by atomic mass is 10.1. The van der Waals surface area contributed by atoms with Gasteiger partial charge >= 0.3 is 0 Å². The average molecular weight is 342 g/mol. The summed E-state index contributed by atoms with van der Waals surface area (Å²) in [4.78, 5) is 39.3. The maximum Gasteiger partial charge on any atom is 0.244 e. The molecule has 8 nitrogen and oxygen atoms in total. The van der Waals surface area contributed by atoms with Crippen LogP contribution in [-0.4, -0.2) is 70.5 Å². The highest BCUT2D eigenvalue weighted by atomic mass is 35.5. The zero-order valence-corrected chi connectivity index (χ0v) is 13.9. The van der Waals surface area contributed by atoms with Gasteiger partial charge in [-0.2, -0.15) is 5.10 Å². The standard InChI is InChI=1S/C14H20ClN5O3/c1-10(21)18-3-4-19(7-11(6-18)14(23)16-2)13(22)9-20-8-12(15)5-17-20/h5,8,11H,3-4,6-7,9H2,1-2H3,(H,16,23)/t11-/m0/s1. The number of nitrogens with one attached hydrogen (secondary N) is 1. The maximum atomic E-state index is 12.4. The Kier molecular flexibility index (Phi) is 5.59. The molecule has 126 valence electrons. The summed E-state index contributed by atoms with van der Waals surface area (Å²) < 4.78 is 1.45. The molecule has 1 N–H and O–H groups in total. The number of halogens is 1. The fraction of sp³-hybridized carbons (Fsp3) is 0.571. The van der Waals surface area contributed by atoms with Crippen LogP contribution < -0.4 is 5.32 Å². The molecular formula is C14H20ClN5O3. The van der Waals surface area contributed by atoms with E-state index in [4.69, 9.17) is 11.6 Å². The Hall–Kier alpha value is -2.09. The minimum atomic E-state index is -0.448. The SMILES string of the molecule is CNC(=O)[C@H]1CN(C(C)=O)CCN(C(=O)Cn2cc(Cl)cn2)C1. The van der Waals surface area contributed by atoms with E-state index < -0.39 is 5.92 Å². The lowest BCUT2D eigenvalue weighted by molar-refractivity contribution is -0.133. The Morgan fingerprint density at radius 2 is 1.96 bits per heavy atom. The highest BCUT2D eigenvalue weighted by Crippen LogP contribution is 2.12. The van der Waals surface area contributed by atoms with Crippen LogP contribution in [0.4, 0.5) is 0 Å². The minimum Gasteiger partial charge on any atom is -0.359 e. The van der Waals surface area contributed by atoms with E-state index in [-0.39, 0.29) is 30.8 Å². The van der Waals surface area contributed by atoms with Crippen molar-refractivity contribution in [2.75, 3.05) is 33.2 Å². The first-order chi connectivity index (χ1) is 10.9. The molecule has 0 bridgehead atoms. The van der Waals surface area contributed by atoms with Gasteiger partial charge in [-0.05, 0) is 0 Å². The van der Waals surface area contributed by atoms with E-state index >= 15 is 0 Å². The van der Waals surface area contributed by atoms with E-state index in [1.807, 2.05) is 0 Å². The van der Waals surface area contributed by atoms with E-state index in [0.29, 0.717) is 24.7 Å². The fourth-order valence-corrected chi connectivity index (χ4v) is 2.72. The number of aromatic nitrogens is 2. The largest absolute Gasteiger partial charge is 0.359 e. The molecule has 3 amide bonds. The summed E-state index contributed by atoms with van der Waals surface area (Å²) in [5.74, 6) is -0.897. The Bertz CT molecular complexity index is 603. The van der Waals surface area contributed by atoms with E-state index in [0.717, 1.165) is 0 Å². The third-order valence-corrected chi connectivity index (χ3v) is 4.03. The maximum absolute atomic E-state index is 12.4. The van der Waals surface area contributed by atoms with Crippen molar-refractivity contribution in [2.45, 2.75) is 13.5 Å². The van der Waals surface area contributed by atoms with Crippen molar-refractivity contribution < 1.29 is 14.4 Å². The quantitative estimate of drug-likeness (QED) is 0.809. The molecule has 9 heteroatoms. The number of rotatable bonds is 3. The van der Waals surface area contributed by atoms with Gasteiger partial charge in [-0.15, -0.1) is 0 Å². The van der Waals surface area contributed by atoms with Crippen molar-refractivity contribution in [3.8, 4) is 0 Å². The van der Waals surface area contributed by atoms with Gasteiger partial charge in [0.05, 0.1) is 17.1 Å². The average Bonchev–Trinajstić information content (AvgIpc) is 2.79. The van der Waals surface area contributed by atoms with Gasteiger partial charge in [-0.3, -0.25) is 19.1 Å². The van der Waals surface area contributed by atoms with E-state index in [1.165, 1.54) is 17.8 Å². The number of carbonyl (C=O) groups excluding carboxylic acids is 3. The molecule has 23 heavy (non-hydrogen) atoms. The monoisotopic (exact) mass is 341 g/mol. The highest BCUT2D eigenvalue weighted by molar-refractivity contribution is 6.30. The normalized spacial score (nSPS) is 18.5. The molecular weight excluding hydrogens is 322 g/mol. The Labute approximate surface area is 139 Å². The van der Waals surface area contributed by atoms with Crippen molar-refractivity contribution in [1.29, 1.82) is 0 Å². The molecule has 0 unspecified atom stereocenters. The second-order valence-corrected chi connectivity index (χ2v) is 5.91. The molecule has 1 aromatic rings. The first-order valence-corrected chi connectivity index (χ1v) is 7.71. The minimum absolute atomic E-state index is 0.0489. The summed E-state index contributed by atoms with van der Waals surface area (Å²) in [6.07, 6.45) is 3.03. The molecule has 1 fully saturated rings. The Morgan fingerprint density at radius 1 is 1.30 bits per heavy atom. The molecule has 0 radical (unpaired) electrons. The van der Waals surface area contributed by atoms with Crippen LogP contribution in [-0.2, 0) is 20.9 Å². The summed E-state index contributed by atoms with van der Waals surface area (Å²) in [7, 11) is 1.54. The summed E-state index contributed by atoms with van der Waals surface area (Å²) in [5, 5.41) is 7.02. The van der Waals surface area contributed by atoms with Crippen LogP contribution in [0.3, 0.4) is 0 Å². The fourth-order valence-electron chi connectivity index (χ4n) is 2.56. The van der Waals surface area contributed by atoms with Crippen LogP contribution in [0.1, 0.15) is 6.92 Å².